The minimum absolute atomic E-state index is 0.0000801. The van der Waals surface area contributed by atoms with E-state index >= 15 is 0 Å². The molecule has 0 saturated carbocycles. The third kappa shape index (κ3) is 3.98. The predicted molar refractivity (Wildman–Crippen MR) is 83.5 cm³/mol. The number of carbonyl (C=O) groups is 2. The van der Waals surface area contributed by atoms with E-state index in [1.165, 1.54) is 7.11 Å². The lowest BCUT2D eigenvalue weighted by Crippen LogP contribution is -2.38. The molecule has 1 atom stereocenters. The van der Waals surface area contributed by atoms with Crippen molar-refractivity contribution in [1.82, 2.24) is 9.88 Å². The van der Waals surface area contributed by atoms with Crippen LogP contribution in [0.25, 0.3) is 0 Å². The van der Waals surface area contributed by atoms with Crippen LogP contribution in [0, 0.1) is 13.8 Å². The summed E-state index contributed by atoms with van der Waals surface area (Å²) in [7, 11) is 1.24. The second-order valence-electron chi connectivity index (χ2n) is 5.65. The van der Waals surface area contributed by atoms with Crippen molar-refractivity contribution in [3.63, 3.8) is 0 Å². The van der Waals surface area contributed by atoms with E-state index in [2.05, 4.69) is 10.1 Å². The van der Waals surface area contributed by atoms with E-state index in [0.29, 0.717) is 18.7 Å². The molecular weight excluding hydrogens is 300 g/mol. The van der Waals surface area contributed by atoms with Crippen LogP contribution in [-0.2, 0) is 20.8 Å². The van der Waals surface area contributed by atoms with Crippen molar-refractivity contribution >= 4 is 11.9 Å². The van der Waals surface area contributed by atoms with Crippen molar-refractivity contribution in [2.45, 2.75) is 39.3 Å². The van der Waals surface area contributed by atoms with Crippen molar-refractivity contribution in [1.29, 1.82) is 0 Å². The van der Waals surface area contributed by atoms with Crippen LogP contribution in [0.4, 0.5) is 0 Å². The Kier molecular flexibility index (Phi) is 5.54. The molecule has 126 valence electrons. The molecule has 0 aromatic carbocycles. The maximum atomic E-state index is 12.7. The average molecular weight is 322 g/mol. The summed E-state index contributed by atoms with van der Waals surface area (Å²) in [6.45, 7) is 4.41. The maximum Gasteiger partial charge on any atom is 0.325 e. The van der Waals surface area contributed by atoms with Gasteiger partial charge in [0.15, 0.2) is 0 Å². The minimum atomic E-state index is -0.570. The first-order valence-electron chi connectivity index (χ1n) is 7.61. The number of ether oxygens (including phenoxy) is 2. The second kappa shape index (κ2) is 7.41. The molecule has 1 aromatic rings. The molecule has 1 N–H and O–H groups in total. The monoisotopic (exact) mass is 322 g/mol. The summed E-state index contributed by atoms with van der Waals surface area (Å²) in [4.78, 5) is 36.1. The Bertz CT molecular complexity index is 659. The number of methoxy groups -OCH3 is 1. The largest absolute Gasteiger partial charge is 0.468 e. The zero-order valence-corrected chi connectivity index (χ0v) is 13.7. The number of amides is 1. The molecule has 0 spiro atoms. The van der Waals surface area contributed by atoms with E-state index in [0.717, 1.165) is 18.5 Å². The number of carbonyl (C=O) groups excluding carboxylic acids is 2. The number of hydrogen-bond acceptors (Lipinski definition) is 5. The fraction of sp³-hybridized carbons (Fsp3) is 0.562. The highest BCUT2D eigenvalue weighted by Gasteiger charge is 2.22. The predicted octanol–water partition coefficient (Wildman–Crippen LogP) is 0.547. The van der Waals surface area contributed by atoms with Gasteiger partial charge in [0.05, 0.1) is 19.8 Å². The highest BCUT2D eigenvalue weighted by Crippen LogP contribution is 2.15. The molecule has 0 radical (unpaired) electrons. The highest BCUT2D eigenvalue weighted by molar-refractivity contribution is 5.96. The van der Waals surface area contributed by atoms with Crippen LogP contribution < -0.4 is 10.9 Å². The lowest BCUT2D eigenvalue weighted by molar-refractivity contribution is -0.139. The van der Waals surface area contributed by atoms with Crippen molar-refractivity contribution in [2.24, 2.45) is 0 Å². The normalized spacial score (nSPS) is 17.1. The molecule has 1 saturated heterocycles. The number of hydrogen-bond donors (Lipinski definition) is 1. The molecule has 7 heteroatoms. The van der Waals surface area contributed by atoms with Crippen LogP contribution in [0.1, 0.15) is 34.5 Å². The molecule has 0 unspecified atom stereocenters. The SMILES string of the molecule is COC(=O)CNC(=O)c1c(C)cc(C)n(C[C@H]2CCCO2)c1=O. The molecule has 7 nitrogen and oxygen atoms in total. The first-order valence-corrected chi connectivity index (χ1v) is 7.61. The zero-order chi connectivity index (χ0) is 17.0. The van der Waals surface area contributed by atoms with Crippen molar-refractivity contribution < 1.29 is 19.1 Å². The summed E-state index contributed by atoms with van der Waals surface area (Å²) in [6, 6.07) is 1.80. The number of nitrogens with one attached hydrogen (secondary N) is 1. The van der Waals surface area contributed by atoms with E-state index in [1.807, 2.05) is 6.92 Å². The van der Waals surface area contributed by atoms with Gasteiger partial charge >= 0.3 is 5.97 Å². The van der Waals surface area contributed by atoms with Gasteiger partial charge in [0.25, 0.3) is 11.5 Å². The zero-order valence-electron chi connectivity index (χ0n) is 13.7. The smallest absolute Gasteiger partial charge is 0.325 e. The summed E-state index contributed by atoms with van der Waals surface area (Å²) in [5, 5.41) is 2.41. The molecule has 2 heterocycles. The molecule has 0 aliphatic carbocycles. The first kappa shape index (κ1) is 17.2. The van der Waals surface area contributed by atoms with E-state index in [4.69, 9.17) is 4.74 Å². The van der Waals surface area contributed by atoms with E-state index < -0.39 is 11.9 Å². The third-order valence-corrected chi connectivity index (χ3v) is 3.96. The van der Waals surface area contributed by atoms with Crippen molar-refractivity contribution in [3.8, 4) is 0 Å². The summed E-state index contributed by atoms with van der Waals surface area (Å²) >= 11 is 0. The Morgan fingerprint density at radius 1 is 1.43 bits per heavy atom. The van der Waals surface area contributed by atoms with Crippen molar-refractivity contribution in [3.05, 3.63) is 33.2 Å². The van der Waals surface area contributed by atoms with E-state index in [-0.39, 0.29) is 23.8 Å². The van der Waals surface area contributed by atoms with Gasteiger partial charge < -0.3 is 19.4 Å². The molecule has 1 amide bonds. The molecule has 0 bridgehead atoms. The second-order valence-corrected chi connectivity index (χ2v) is 5.65. The number of rotatable bonds is 5. The molecule has 1 aliphatic rings. The van der Waals surface area contributed by atoms with Crippen molar-refractivity contribution in [2.75, 3.05) is 20.3 Å². The number of nitrogens with zero attached hydrogens (tertiary/aromatic N) is 1. The van der Waals surface area contributed by atoms with Gasteiger partial charge in [-0.3, -0.25) is 14.4 Å². The van der Waals surface area contributed by atoms with Crippen LogP contribution in [0.3, 0.4) is 0 Å². The molecule has 1 aromatic heterocycles. The Hall–Kier alpha value is -2.15. The quantitative estimate of drug-likeness (QED) is 0.800. The summed E-state index contributed by atoms with van der Waals surface area (Å²) in [5.41, 5.74) is 1.06. The first-order chi connectivity index (χ1) is 10.9. The Morgan fingerprint density at radius 3 is 2.78 bits per heavy atom. The van der Waals surface area contributed by atoms with Gasteiger partial charge in [0.1, 0.15) is 12.1 Å². The van der Waals surface area contributed by atoms with Crippen LogP contribution in [0.2, 0.25) is 0 Å². The van der Waals surface area contributed by atoms with Gasteiger partial charge in [0.2, 0.25) is 0 Å². The lowest BCUT2D eigenvalue weighted by atomic mass is 10.1. The molecule has 1 fully saturated rings. The summed E-state index contributed by atoms with van der Waals surface area (Å²) in [5.74, 6) is -1.14. The van der Waals surface area contributed by atoms with Gasteiger partial charge in [-0.15, -0.1) is 0 Å². The third-order valence-electron chi connectivity index (χ3n) is 3.96. The number of pyridine rings is 1. The molecular formula is C16H22N2O5. The van der Waals surface area contributed by atoms with Gasteiger partial charge in [-0.05, 0) is 38.3 Å². The highest BCUT2D eigenvalue weighted by atomic mass is 16.5. The van der Waals surface area contributed by atoms with Gasteiger partial charge in [0, 0.05) is 12.3 Å². The summed E-state index contributed by atoms with van der Waals surface area (Å²) < 4.78 is 11.6. The van der Waals surface area contributed by atoms with Gasteiger partial charge in [-0.1, -0.05) is 0 Å². The summed E-state index contributed by atoms with van der Waals surface area (Å²) in [6.07, 6.45) is 1.89. The van der Waals surface area contributed by atoms with E-state index in [1.54, 1.807) is 17.6 Å². The Labute approximate surface area is 134 Å². The lowest BCUT2D eigenvalue weighted by Gasteiger charge is -2.17. The van der Waals surface area contributed by atoms with Crippen LogP contribution in [0.15, 0.2) is 10.9 Å². The Morgan fingerprint density at radius 2 is 2.17 bits per heavy atom. The van der Waals surface area contributed by atoms with Gasteiger partial charge in [-0.25, -0.2) is 0 Å². The minimum Gasteiger partial charge on any atom is -0.468 e. The maximum absolute atomic E-state index is 12.7. The number of esters is 1. The number of aromatic nitrogens is 1. The average Bonchev–Trinajstić information content (AvgIpc) is 3.01. The fourth-order valence-electron chi connectivity index (χ4n) is 2.74. The molecule has 1 aliphatic heterocycles. The molecule has 2 rings (SSSR count). The fourth-order valence-corrected chi connectivity index (χ4v) is 2.74. The Balaban J connectivity index is 2.26. The van der Waals surface area contributed by atoms with Crippen LogP contribution in [0.5, 0.6) is 0 Å². The van der Waals surface area contributed by atoms with E-state index in [9.17, 15) is 14.4 Å². The topological polar surface area (TPSA) is 86.6 Å². The van der Waals surface area contributed by atoms with Crippen LogP contribution in [-0.4, -0.2) is 42.8 Å². The molecule has 23 heavy (non-hydrogen) atoms. The standard InChI is InChI=1S/C16H22N2O5/c1-10-7-11(2)18(9-12-5-4-6-23-12)16(21)14(10)15(20)17-8-13(19)22-3/h7,12H,4-6,8-9H2,1-3H3,(H,17,20)/t12-/m1/s1. The van der Waals surface area contributed by atoms with Crippen LogP contribution >= 0.6 is 0 Å². The van der Waals surface area contributed by atoms with Gasteiger partial charge in [-0.2, -0.15) is 0 Å². The number of aryl methyl sites for hydroxylation is 2.